The first-order chi connectivity index (χ1) is 0. The molecule has 0 saturated heterocycles. The summed E-state index contributed by atoms with van der Waals surface area (Å²) in [7, 11) is 0. The smallest absolute Gasteiger partial charge is 2.00 e. The molecule has 0 N–H and O–H groups in total. The van der Waals surface area contributed by atoms with E-state index in [4.69, 9.17) is 0 Å². The predicted molar refractivity (Wildman–Crippen MR) is 6.44 cm³/mol. The van der Waals surface area contributed by atoms with Crippen LogP contribution in [0.2, 0.25) is 0 Å². The van der Waals surface area contributed by atoms with Crippen molar-refractivity contribution in [2.24, 2.45) is 0 Å². The Balaban J connectivity index is 0. The maximum absolute atomic E-state index is 0. The average molecular weight is 118 g/mol. The van der Waals surface area contributed by atoms with Crippen molar-refractivity contribution in [2.75, 3.05) is 0 Å². The van der Waals surface area contributed by atoms with E-state index in [-0.39, 0.29) is 75.2 Å². The zero-order valence-electron chi connectivity index (χ0n) is 2.49. The van der Waals surface area contributed by atoms with Gasteiger partial charge in [0.1, 0.15) is 0 Å². The SMILES string of the molecule is [Mg+2].[Mn+2].[Na+].[O-2]. The van der Waals surface area contributed by atoms with Crippen LogP contribution in [-0.2, 0) is 22.5 Å². The van der Waals surface area contributed by atoms with Gasteiger partial charge in [0, 0.05) is 0 Å². The van der Waals surface area contributed by atoms with Gasteiger partial charge in [-0.15, -0.1) is 0 Å². The normalized spacial score (nSPS) is 0. The minimum atomic E-state index is 0. The van der Waals surface area contributed by atoms with Crippen molar-refractivity contribution in [2.45, 2.75) is 0 Å². The van der Waals surface area contributed by atoms with Crippen LogP contribution in [0.3, 0.4) is 0 Å². The van der Waals surface area contributed by atoms with E-state index >= 15 is 0 Å². The summed E-state index contributed by atoms with van der Waals surface area (Å²) in [5.74, 6) is 0. The van der Waals surface area contributed by atoms with Crippen LogP contribution in [0.15, 0.2) is 0 Å². The second-order valence-electron chi connectivity index (χ2n) is 0. The molecule has 0 aromatic rings. The molecule has 0 bridgehead atoms. The third-order valence-corrected chi connectivity index (χ3v) is 0. The van der Waals surface area contributed by atoms with Crippen LogP contribution >= 0.6 is 0 Å². The number of hydrogen-bond acceptors (Lipinski definition) is 0. The van der Waals surface area contributed by atoms with E-state index < -0.39 is 0 Å². The van der Waals surface area contributed by atoms with Gasteiger partial charge in [0.15, 0.2) is 0 Å². The molecule has 0 aromatic heterocycles. The van der Waals surface area contributed by atoms with Gasteiger partial charge in [-0.25, -0.2) is 0 Å². The minimum Gasteiger partial charge on any atom is -2.00 e. The standard InChI is InChI=1S/Mg.Mn.Na.O/q2*+2;+1;-2. The van der Waals surface area contributed by atoms with Crippen molar-refractivity contribution in [1.29, 1.82) is 0 Å². The van der Waals surface area contributed by atoms with Crippen LogP contribution in [0.5, 0.6) is 0 Å². The van der Waals surface area contributed by atoms with E-state index in [0.717, 1.165) is 0 Å². The summed E-state index contributed by atoms with van der Waals surface area (Å²) in [5.41, 5.74) is 0. The molecular weight excluding hydrogens is 118 g/mol. The molecule has 0 unspecified atom stereocenters. The molecule has 0 heterocycles. The molecule has 1 radical (unpaired) electrons. The predicted octanol–water partition coefficient (Wildman–Crippen LogP) is -3.50. The summed E-state index contributed by atoms with van der Waals surface area (Å²) in [5, 5.41) is 0. The second-order valence-corrected chi connectivity index (χ2v) is 0. The third-order valence-electron chi connectivity index (χ3n) is 0. The van der Waals surface area contributed by atoms with Crippen LogP contribution in [0, 0.1) is 0 Å². The third kappa shape index (κ3) is 8.87. The van der Waals surface area contributed by atoms with Gasteiger partial charge < -0.3 is 5.48 Å². The summed E-state index contributed by atoms with van der Waals surface area (Å²) in [6.45, 7) is 0. The molecular formula is MgMnNaO+3. The molecule has 0 aliphatic carbocycles. The van der Waals surface area contributed by atoms with Gasteiger partial charge in [0.05, 0.1) is 0 Å². The van der Waals surface area contributed by atoms with Crippen LogP contribution in [0.1, 0.15) is 0 Å². The fourth-order valence-electron chi connectivity index (χ4n) is 0. The molecule has 0 aliphatic heterocycles. The number of hydrogen-bond donors (Lipinski definition) is 0. The molecule has 0 fully saturated rings. The van der Waals surface area contributed by atoms with Gasteiger partial charge in [-0.3, -0.25) is 0 Å². The van der Waals surface area contributed by atoms with Crippen molar-refractivity contribution in [3.8, 4) is 0 Å². The van der Waals surface area contributed by atoms with E-state index in [1.807, 2.05) is 0 Å². The Morgan fingerprint density at radius 3 is 1.00 bits per heavy atom. The Bertz CT molecular complexity index is 8.00. The molecule has 4 heteroatoms. The summed E-state index contributed by atoms with van der Waals surface area (Å²) in [6, 6.07) is 0. The van der Waals surface area contributed by atoms with Gasteiger partial charge in [-0.1, -0.05) is 0 Å². The average Bonchev–Trinajstić information content (AvgIpc) is 0. The van der Waals surface area contributed by atoms with Crippen LogP contribution in [0.4, 0.5) is 0 Å². The van der Waals surface area contributed by atoms with Crippen molar-refractivity contribution in [3.05, 3.63) is 0 Å². The first-order valence-corrected chi connectivity index (χ1v) is 0. The maximum Gasteiger partial charge on any atom is 2.00 e. The van der Waals surface area contributed by atoms with Gasteiger partial charge >= 0.3 is 69.7 Å². The Hall–Kier alpha value is 2.25. The Morgan fingerprint density at radius 1 is 1.00 bits per heavy atom. The Morgan fingerprint density at radius 2 is 1.00 bits per heavy atom. The molecule has 0 aliphatic rings. The zero-order valence-corrected chi connectivity index (χ0v) is 7.09. The first-order valence-electron chi connectivity index (χ1n) is 0. The number of rotatable bonds is 0. The molecule has 4 heavy (non-hydrogen) atoms. The van der Waals surface area contributed by atoms with E-state index in [2.05, 4.69) is 0 Å². The van der Waals surface area contributed by atoms with E-state index in [1.165, 1.54) is 0 Å². The van der Waals surface area contributed by atoms with Crippen LogP contribution in [0.25, 0.3) is 0 Å². The van der Waals surface area contributed by atoms with Gasteiger partial charge in [0.25, 0.3) is 0 Å². The quantitative estimate of drug-likeness (QED) is 0.295. The van der Waals surface area contributed by atoms with Crippen molar-refractivity contribution in [3.63, 3.8) is 0 Å². The van der Waals surface area contributed by atoms with E-state index in [0.29, 0.717) is 0 Å². The van der Waals surface area contributed by atoms with E-state index in [9.17, 15) is 0 Å². The van der Waals surface area contributed by atoms with Crippen molar-refractivity contribution >= 4 is 23.1 Å². The fourth-order valence-corrected chi connectivity index (χ4v) is 0. The molecule has 1 nitrogen and oxygen atoms in total. The summed E-state index contributed by atoms with van der Waals surface area (Å²) in [6.07, 6.45) is 0. The van der Waals surface area contributed by atoms with Crippen molar-refractivity contribution < 1.29 is 52.1 Å². The second kappa shape index (κ2) is 18.7. The molecule has 0 atom stereocenters. The molecule has 0 saturated carbocycles. The van der Waals surface area contributed by atoms with Crippen molar-refractivity contribution in [1.82, 2.24) is 0 Å². The maximum atomic E-state index is 0. The topological polar surface area (TPSA) is 28.5 Å². The Kier molecular flexibility index (Phi) is 160. The van der Waals surface area contributed by atoms with Gasteiger partial charge in [-0.05, 0) is 0 Å². The van der Waals surface area contributed by atoms with Crippen LogP contribution < -0.4 is 29.6 Å². The molecule has 0 rings (SSSR count). The molecule has 0 amide bonds. The molecule has 0 aromatic carbocycles. The Labute approximate surface area is 74.1 Å². The summed E-state index contributed by atoms with van der Waals surface area (Å²) < 4.78 is 0. The van der Waals surface area contributed by atoms with Crippen LogP contribution in [-0.4, -0.2) is 23.1 Å². The summed E-state index contributed by atoms with van der Waals surface area (Å²) in [4.78, 5) is 0. The first kappa shape index (κ1) is 34.1. The zero-order chi connectivity index (χ0) is 0. The largest absolute Gasteiger partial charge is 2.00 e. The van der Waals surface area contributed by atoms with Gasteiger partial charge in [-0.2, -0.15) is 0 Å². The molecule has 13 valence electrons. The monoisotopic (exact) mass is 118 g/mol. The van der Waals surface area contributed by atoms with Gasteiger partial charge in [0.2, 0.25) is 0 Å². The fraction of sp³-hybridized carbons (Fsp3) is 0. The summed E-state index contributed by atoms with van der Waals surface area (Å²) >= 11 is 0. The molecule has 0 spiro atoms. The minimum absolute atomic E-state index is 0. The van der Waals surface area contributed by atoms with E-state index in [1.54, 1.807) is 0 Å².